The second kappa shape index (κ2) is 7.36. The van der Waals surface area contributed by atoms with Gasteiger partial charge in [-0.05, 0) is 38.6 Å². The van der Waals surface area contributed by atoms with Crippen LogP contribution in [0.25, 0.3) is 0 Å². The first-order chi connectivity index (χ1) is 8.19. The Morgan fingerprint density at radius 1 is 1.22 bits per heavy atom. The van der Waals surface area contributed by atoms with E-state index < -0.39 is 5.91 Å². The summed E-state index contributed by atoms with van der Waals surface area (Å²) in [5.41, 5.74) is 10.7. The Kier molecular flexibility index (Phi) is 6.91. The van der Waals surface area contributed by atoms with Crippen LogP contribution in [0.15, 0.2) is 0 Å². The molecular formula is C13H27N3O2. The Bertz CT molecular complexity index is 288. The predicted molar refractivity (Wildman–Crippen MR) is 72.7 cm³/mol. The number of rotatable bonds is 8. The molecule has 0 bridgehead atoms. The fourth-order valence-corrected chi connectivity index (χ4v) is 1.83. The molecule has 5 nitrogen and oxygen atoms in total. The molecule has 0 aromatic carbocycles. The van der Waals surface area contributed by atoms with Gasteiger partial charge in [0.15, 0.2) is 0 Å². The standard InChI is InChI=1S/C13H27N3O2/c1-10(2)16(9-11(15)17)12(18)5-6-13(3,4)7-8-14/h10H,5-9,14H2,1-4H3,(H2,15,17). The Morgan fingerprint density at radius 3 is 2.17 bits per heavy atom. The molecule has 0 heterocycles. The van der Waals surface area contributed by atoms with Gasteiger partial charge in [-0.25, -0.2) is 0 Å². The number of amides is 2. The molecule has 0 aromatic heterocycles. The Hall–Kier alpha value is -1.10. The van der Waals surface area contributed by atoms with Crippen molar-refractivity contribution >= 4 is 11.8 Å². The van der Waals surface area contributed by atoms with E-state index in [1.54, 1.807) is 0 Å². The number of hydrogen-bond acceptors (Lipinski definition) is 3. The number of primary amides is 1. The van der Waals surface area contributed by atoms with Gasteiger partial charge in [-0.2, -0.15) is 0 Å². The molecule has 0 fully saturated rings. The predicted octanol–water partition coefficient (Wildman–Crippen LogP) is 0.864. The molecule has 0 saturated carbocycles. The van der Waals surface area contributed by atoms with Crippen molar-refractivity contribution in [1.29, 1.82) is 0 Å². The van der Waals surface area contributed by atoms with E-state index in [2.05, 4.69) is 13.8 Å². The summed E-state index contributed by atoms with van der Waals surface area (Å²) in [6, 6.07) is -0.0115. The van der Waals surface area contributed by atoms with Crippen LogP contribution < -0.4 is 11.5 Å². The molecule has 18 heavy (non-hydrogen) atoms. The van der Waals surface area contributed by atoms with Crippen LogP contribution >= 0.6 is 0 Å². The van der Waals surface area contributed by atoms with E-state index in [4.69, 9.17) is 11.5 Å². The third-order valence-corrected chi connectivity index (χ3v) is 3.11. The summed E-state index contributed by atoms with van der Waals surface area (Å²) in [6.45, 7) is 8.57. The minimum absolute atomic E-state index is 0.00613. The quantitative estimate of drug-likeness (QED) is 0.676. The fourth-order valence-electron chi connectivity index (χ4n) is 1.83. The van der Waals surface area contributed by atoms with Gasteiger partial charge in [-0.1, -0.05) is 13.8 Å². The van der Waals surface area contributed by atoms with Gasteiger partial charge in [0.05, 0.1) is 6.54 Å². The van der Waals surface area contributed by atoms with Crippen molar-refractivity contribution in [3.8, 4) is 0 Å². The first-order valence-electron chi connectivity index (χ1n) is 6.47. The van der Waals surface area contributed by atoms with Crippen molar-refractivity contribution in [1.82, 2.24) is 4.90 Å². The van der Waals surface area contributed by atoms with Crippen LogP contribution in [0.1, 0.15) is 47.0 Å². The number of hydrogen-bond donors (Lipinski definition) is 2. The van der Waals surface area contributed by atoms with Gasteiger partial charge in [0.25, 0.3) is 0 Å². The lowest BCUT2D eigenvalue weighted by molar-refractivity contribution is -0.137. The van der Waals surface area contributed by atoms with E-state index in [1.165, 1.54) is 4.90 Å². The highest BCUT2D eigenvalue weighted by molar-refractivity contribution is 5.84. The normalized spacial score (nSPS) is 11.7. The second-order valence-corrected chi connectivity index (χ2v) is 5.78. The van der Waals surface area contributed by atoms with Crippen LogP contribution in [0.3, 0.4) is 0 Å². The number of nitrogens with zero attached hydrogens (tertiary/aromatic N) is 1. The molecule has 5 heteroatoms. The number of carbonyl (C=O) groups is 2. The lowest BCUT2D eigenvalue weighted by atomic mass is 9.84. The minimum atomic E-state index is -0.474. The molecule has 0 unspecified atom stereocenters. The van der Waals surface area contributed by atoms with Crippen LogP contribution in [0, 0.1) is 5.41 Å². The summed E-state index contributed by atoms with van der Waals surface area (Å²) in [6.07, 6.45) is 2.08. The summed E-state index contributed by atoms with van der Waals surface area (Å²) in [7, 11) is 0. The number of nitrogens with two attached hydrogens (primary N) is 2. The van der Waals surface area contributed by atoms with Gasteiger partial charge in [-0.15, -0.1) is 0 Å². The zero-order valence-corrected chi connectivity index (χ0v) is 12.0. The van der Waals surface area contributed by atoms with Crippen LogP contribution in [-0.2, 0) is 9.59 Å². The molecule has 0 aliphatic heterocycles. The highest BCUT2D eigenvalue weighted by atomic mass is 16.2. The molecular weight excluding hydrogens is 230 g/mol. The van der Waals surface area contributed by atoms with Gasteiger partial charge in [0.1, 0.15) is 0 Å². The van der Waals surface area contributed by atoms with E-state index >= 15 is 0 Å². The average molecular weight is 257 g/mol. The van der Waals surface area contributed by atoms with Gasteiger partial charge in [-0.3, -0.25) is 9.59 Å². The fraction of sp³-hybridized carbons (Fsp3) is 0.846. The van der Waals surface area contributed by atoms with Gasteiger partial charge in [0, 0.05) is 12.5 Å². The smallest absolute Gasteiger partial charge is 0.237 e. The molecule has 0 rings (SSSR count). The summed E-state index contributed by atoms with van der Waals surface area (Å²) >= 11 is 0. The molecule has 0 aliphatic rings. The Labute approximate surface area is 110 Å². The van der Waals surface area contributed by atoms with E-state index in [-0.39, 0.29) is 23.9 Å². The average Bonchev–Trinajstić information content (AvgIpc) is 2.22. The molecule has 0 atom stereocenters. The topological polar surface area (TPSA) is 89.4 Å². The minimum Gasteiger partial charge on any atom is -0.368 e. The summed E-state index contributed by atoms with van der Waals surface area (Å²) in [5.74, 6) is -0.493. The molecule has 0 radical (unpaired) electrons. The SMILES string of the molecule is CC(C)N(CC(N)=O)C(=O)CCC(C)(C)CCN. The van der Waals surface area contributed by atoms with E-state index in [0.717, 1.165) is 12.8 Å². The maximum absolute atomic E-state index is 12.1. The van der Waals surface area contributed by atoms with E-state index in [1.807, 2.05) is 13.8 Å². The van der Waals surface area contributed by atoms with Crippen LogP contribution in [0.4, 0.5) is 0 Å². The molecule has 2 amide bonds. The number of carbonyl (C=O) groups excluding carboxylic acids is 2. The molecule has 0 aliphatic carbocycles. The van der Waals surface area contributed by atoms with Crippen LogP contribution in [-0.4, -0.2) is 35.8 Å². The molecule has 0 aromatic rings. The zero-order chi connectivity index (χ0) is 14.3. The van der Waals surface area contributed by atoms with Crippen molar-refractivity contribution in [2.24, 2.45) is 16.9 Å². The Morgan fingerprint density at radius 2 is 1.78 bits per heavy atom. The highest BCUT2D eigenvalue weighted by Gasteiger charge is 2.23. The van der Waals surface area contributed by atoms with Crippen molar-refractivity contribution in [2.45, 2.75) is 53.0 Å². The summed E-state index contributed by atoms with van der Waals surface area (Å²) < 4.78 is 0. The third-order valence-electron chi connectivity index (χ3n) is 3.11. The van der Waals surface area contributed by atoms with Gasteiger partial charge in [0.2, 0.25) is 11.8 Å². The van der Waals surface area contributed by atoms with Gasteiger partial charge >= 0.3 is 0 Å². The second-order valence-electron chi connectivity index (χ2n) is 5.78. The first-order valence-corrected chi connectivity index (χ1v) is 6.47. The molecule has 0 saturated heterocycles. The van der Waals surface area contributed by atoms with E-state index in [9.17, 15) is 9.59 Å². The zero-order valence-electron chi connectivity index (χ0n) is 12.0. The van der Waals surface area contributed by atoms with Crippen LogP contribution in [0.5, 0.6) is 0 Å². The summed E-state index contributed by atoms with van der Waals surface area (Å²) in [4.78, 5) is 24.5. The van der Waals surface area contributed by atoms with Gasteiger partial charge < -0.3 is 16.4 Å². The molecule has 4 N–H and O–H groups in total. The molecule has 106 valence electrons. The largest absolute Gasteiger partial charge is 0.368 e. The Balaban J connectivity index is 4.39. The molecule has 0 spiro atoms. The van der Waals surface area contributed by atoms with Crippen LogP contribution in [0.2, 0.25) is 0 Å². The van der Waals surface area contributed by atoms with Crippen molar-refractivity contribution in [3.63, 3.8) is 0 Å². The maximum Gasteiger partial charge on any atom is 0.237 e. The maximum atomic E-state index is 12.1. The van der Waals surface area contributed by atoms with E-state index in [0.29, 0.717) is 13.0 Å². The summed E-state index contributed by atoms with van der Waals surface area (Å²) in [5, 5.41) is 0. The third kappa shape index (κ3) is 6.59. The van der Waals surface area contributed by atoms with Crippen molar-refractivity contribution < 1.29 is 9.59 Å². The van der Waals surface area contributed by atoms with Crippen molar-refractivity contribution in [3.05, 3.63) is 0 Å². The monoisotopic (exact) mass is 257 g/mol. The lowest BCUT2D eigenvalue weighted by Crippen LogP contribution is -2.43. The highest BCUT2D eigenvalue weighted by Crippen LogP contribution is 2.26. The van der Waals surface area contributed by atoms with Crippen molar-refractivity contribution in [2.75, 3.05) is 13.1 Å². The lowest BCUT2D eigenvalue weighted by Gasteiger charge is -2.28. The first kappa shape index (κ1) is 16.9.